The standard InChI is InChI=1S/C48H45Cl5N8O8/c1-24(50)34-12-7-30(22-41(34)68-5)54-45(64)36-20-32(9-14-38(36)52)58-60-43(26(3)62)47(66)56-29-11-16-40(28(19-29)17-18-49)57-48(67)44(27(4)63)61-59-33-10-15-39(53)37(21-33)46(65)55-31-8-13-35(25(2)51)42(23-31)69-6/h7-16,19-25,43-44H,17-18H2,1-6H3,(H,54,64)(H,55,65)(H,56,66)(H,57,67). The summed E-state index contributed by atoms with van der Waals surface area (Å²) in [5, 5.41) is 26.5. The van der Waals surface area contributed by atoms with Gasteiger partial charge in [-0.2, -0.15) is 20.5 Å². The van der Waals surface area contributed by atoms with Crippen molar-refractivity contribution in [2.45, 2.75) is 57.0 Å². The second-order valence-corrected chi connectivity index (χ2v) is 17.6. The Bertz CT molecular complexity index is 2840. The molecular formula is C48H45Cl5N8O8. The number of anilines is 4. The van der Waals surface area contributed by atoms with Gasteiger partial charge in [-0.15, -0.1) is 34.8 Å². The fourth-order valence-electron chi connectivity index (χ4n) is 6.53. The van der Waals surface area contributed by atoms with Crippen LogP contribution in [0.15, 0.2) is 111 Å². The number of alkyl halides is 3. The molecule has 4 N–H and O–H groups in total. The number of halogens is 5. The van der Waals surface area contributed by atoms with Gasteiger partial charge in [0.15, 0.2) is 11.6 Å². The molecule has 0 saturated heterocycles. The van der Waals surface area contributed by atoms with Crippen molar-refractivity contribution < 1.29 is 38.2 Å². The highest BCUT2D eigenvalue weighted by Gasteiger charge is 2.26. The summed E-state index contributed by atoms with van der Waals surface area (Å²) in [6, 6.07) is 19.7. The molecule has 4 unspecified atom stereocenters. The number of nitrogens with one attached hydrogen (secondary N) is 4. The number of hydrogen-bond acceptors (Lipinski definition) is 12. The molecule has 4 amide bonds. The molecule has 69 heavy (non-hydrogen) atoms. The smallest absolute Gasteiger partial charge is 0.258 e. The van der Waals surface area contributed by atoms with E-state index in [0.29, 0.717) is 28.4 Å². The van der Waals surface area contributed by atoms with Crippen LogP contribution in [0.25, 0.3) is 0 Å². The third-order valence-corrected chi connectivity index (χ3v) is 11.4. The van der Waals surface area contributed by atoms with E-state index in [1.807, 2.05) is 0 Å². The minimum absolute atomic E-state index is 0.0430. The lowest BCUT2D eigenvalue weighted by atomic mass is 10.1. The number of methoxy groups -OCH3 is 2. The molecule has 0 aromatic heterocycles. The molecule has 0 bridgehead atoms. The molecule has 5 rings (SSSR count). The van der Waals surface area contributed by atoms with E-state index in [0.717, 1.165) is 11.1 Å². The minimum Gasteiger partial charge on any atom is -0.496 e. The second kappa shape index (κ2) is 24.7. The van der Waals surface area contributed by atoms with E-state index in [1.165, 1.54) is 82.7 Å². The van der Waals surface area contributed by atoms with Crippen molar-refractivity contribution in [1.29, 1.82) is 0 Å². The summed E-state index contributed by atoms with van der Waals surface area (Å²) in [7, 11) is 2.97. The van der Waals surface area contributed by atoms with Crippen LogP contribution in [0.2, 0.25) is 10.0 Å². The first-order valence-electron chi connectivity index (χ1n) is 20.8. The average Bonchev–Trinajstić information content (AvgIpc) is 3.30. The highest BCUT2D eigenvalue weighted by Crippen LogP contribution is 2.34. The van der Waals surface area contributed by atoms with E-state index in [-0.39, 0.29) is 67.0 Å². The first kappa shape index (κ1) is 53.5. The van der Waals surface area contributed by atoms with Crippen LogP contribution in [0.3, 0.4) is 0 Å². The number of rotatable bonds is 20. The molecule has 4 atom stereocenters. The molecule has 0 fully saturated rings. The van der Waals surface area contributed by atoms with Crippen molar-refractivity contribution in [3.63, 3.8) is 0 Å². The molecule has 0 aliphatic carbocycles. The highest BCUT2D eigenvalue weighted by molar-refractivity contribution is 6.35. The zero-order chi connectivity index (χ0) is 50.5. The van der Waals surface area contributed by atoms with Gasteiger partial charge >= 0.3 is 0 Å². The number of Topliss-reactive ketones (excluding diaryl/α,β-unsaturated/α-hetero) is 2. The van der Waals surface area contributed by atoms with Crippen molar-refractivity contribution in [1.82, 2.24) is 0 Å². The van der Waals surface area contributed by atoms with Crippen LogP contribution < -0.4 is 30.7 Å². The number of aryl methyl sites for hydroxylation is 1. The fourth-order valence-corrected chi connectivity index (χ4v) is 7.50. The molecule has 0 radical (unpaired) electrons. The maximum Gasteiger partial charge on any atom is 0.258 e. The molecule has 0 spiro atoms. The molecule has 0 aliphatic rings. The van der Waals surface area contributed by atoms with Gasteiger partial charge in [0, 0.05) is 51.9 Å². The molecule has 0 aliphatic heterocycles. The molecule has 0 saturated carbocycles. The normalized spacial score (nSPS) is 13.0. The Morgan fingerprint density at radius 3 is 1.39 bits per heavy atom. The van der Waals surface area contributed by atoms with E-state index < -0.39 is 47.3 Å². The number of ketones is 2. The van der Waals surface area contributed by atoms with Gasteiger partial charge in [0.25, 0.3) is 23.6 Å². The van der Waals surface area contributed by atoms with E-state index in [4.69, 9.17) is 67.5 Å². The van der Waals surface area contributed by atoms with Crippen LogP contribution >= 0.6 is 58.0 Å². The van der Waals surface area contributed by atoms with Crippen molar-refractivity contribution in [2.24, 2.45) is 20.5 Å². The monoisotopic (exact) mass is 1040 g/mol. The number of azo groups is 2. The molecule has 0 heterocycles. The van der Waals surface area contributed by atoms with Crippen molar-refractivity contribution >= 4 is 127 Å². The fraction of sp³-hybridized carbons (Fsp3) is 0.250. The van der Waals surface area contributed by atoms with Gasteiger partial charge < -0.3 is 30.7 Å². The molecular weight excluding hydrogens is 994 g/mol. The first-order chi connectivity index (χ1) is 32.8. The maximum absolute atomic E-state index is 13.5. The number of carbonyl (C=O) groups excluding carboxylic acids is 6. The second-order valence-electron chi connectivity index (χ2n) is 15.1. The lowest BCUT2D eigenvalue weighted by Crippen LogP contribution is -2.32. The van der Waals surface area contributed by atoms with Gasteiger partial charge in [-0.3, -0.25) is 28.8 Å². The summed E-state index contributed by atoms with van der Waals surface area (Å²) < 4.78 is 10.8. The van der Waals surface area contributed by atoms with Crippen molar-refractivity contribution in [3.05, 3.63) is 129 Å². The quantitative estimate of drug-likeness (QED) is 0.0333. The summed E-state index contributed by atoms with van der Waals surface area (Å²) in [6.45, 7) is 5.92. The van der Waals surface area contributed by atoms with Crippen molar-refractivity contribution in [3.8, 4) is 11.5 Å². The van der Waals surface area contributed by atoms with Gasteiger partial charge in [0.05, 0.1) is 57.5 Å². The first-order valence-corrected chi connectivity index (χ1v) is 23.0. The summed E-state index contributed by atoms with van der Waals surface area (Å²) in [5.41, 5.74) is 3.58. The number of carbonyl (C=O) groups is 6. The van der Waals surface area contributed by atoms with E-state index >= 15 is 0 Å². The van der Waals surface area contributed by atoms with E-state index in [2.05, 4.69) is 41.7 Å². The summed E-state index contributed by atoms with van der Waals surface area (Å²) in [5.74, 6) is -3.01. The Labute approximate surface area is 422 Å². The van der Waals surface area contributed by atoms with Crippen LogP contribution in [-0.2, 0) is 25.6 Å². The Hall–Kier alpha value is -6.43. The highest BCUT2D eigenvalue weighted by atomic mass is 35.5. The van der Waals surface area contributed by atoms with Crippen LogP contribution in [0.4, 0.5) is 34.1 Å². The topological polar surface area (TPSA) is 218 Å². The van der Waals surface area contributed by atoms with Crippen LogP contribution in [0, 0.1) is 0 Å². The number of nitrogens with zero attached hydrogens (tertiary/aromatic N) is 4. The largest absolute Gasteiger partial charge is 0.496 e. The maximum atomic E-state index is 13.5. The number of hydrogen-bond donors (Lipinski definition) is 4. The predicted octanol–water partition coefficient (Wildman–Crippen LogP) is 12.3. The van der Waals surface area contributed by atoms with Crippen molar-refractivity contribution in [2.75, 3.05) is 41.4 Å². The van der Waals surface area contributed by atoms with Crippen LogP contribution in [0.5, 0.6) is 11.5 Å². The van der Waals surface area contributed by atoms with E-state index in [9.17, 15) is 28.8 Å². The third-order valence-electron chi connectivity index (χ3n) is 10.1. The third kappa shape index (κ3) is 14.3. The molecule has 5 aromatic rings. The van der Waals surface area contributed by atoms with Gasteiger partial charge in [-0.1, -0.05) is 35.3 Å². The lowest BCUT2D eigenvalue weighted by molar-refractivity contribution is -0.127. The summed E-state index contributed by atoms with van der Waals surface area (Å²) in [6.07, 6.45) is 0.208. The zero-order valence-electron chi connectivity index (χ0n) is 37.8. The molecule has 360 valence electrons. The number of amides is 4. The summed E-state index contributed by atoms with van der Waals surface area (Å²) in [4.78, 5) is 78.9. The Kier molecular flexibility index (Phi) is 19.2. The minimum atomic E-state index is -1.61. The number of ether oxygens (including phenoxy) is 2. The van der Waals surface area contributed by atoms with Crippen LogP contribution in [0.1, 0.15) is 75.9 Å². The lowest BCUT2D eigenvalue weighted by Gasteiger charge is -2.15. The van der Waals surface area contributed by atoms with Gasteiger partial charge in [0.2, 0.25) is 12.1 Å². The van der Waals surface area contributed by atoms with E-state index in [1.54, 1.807) is 50.2 Å². The zero-order valence-corrected chi connectivity index (χ0v) is 41.6. The number of benzene rings is 5. The molecule has 5 aromatic carbocycles. The van der Waals surface area contributed by atoms with Gasteiger partial charge in [-0.05, 0) is 106 Å². The molecule has 21 heteroatoms. The summed E-state index contributed by atoms with van der Waals surface area (Å²) >= 11 is 31.3. The Balaban J connectivity index is 1.27. The van der Waals surface area contributed by atoms with Gasteiger partial charge in [-0.25, -0.2) is 0 Å². The Morgan fingerprint density at radius 1 is 0.565 bits per heavy atom. The average molecular weight is 1040 g/mol. The Morgan fingerprint density at radius 2 is 0.986 bits per heavy atom. The molecule has 16 nitrogen and oxygen atoms in total. The van der Waals surface area contributed by atoms with Crippen LogP contribution in [-0.4, -0.2) is 67.4 Å². The predicted molar refractivity (Wildman–Crippen MR) is 269 cm³/mol. The van der Waals surface area contributed by atoms with Gasteiger partial charge in [0.1, 0.15) is 11.5 Å². The SMILES string of the molecule is COc1cc(NC(=O)c2cc(N=NC(C(C)=O)C(=O)Nc3ccc(NC(=O)C(N=Nc4ccc(Cl)c(C(=O)Nc5ccc(C(C)Cl)c(OC)c5)c4)C(C)=O)c(CCCl)c3)ccc2Cl)ccc1C(C)Cl.